The Kier molecular flexibility index (Phi) is 4.39. The Bertz CT molecular complexity index is 322. The van der Waals surface area contributed by atoms with Gasteiger partial charge < -0.3 is 5.32 Å². The second-order valence-electron chi connectivity index (χ2n) is 2.76. The van der Waals surface area contributed by atoms with Gasteiger partial charge in [0.1, 0.15) is 0 Å². The van der Waals surface area contributed by atoms with E-state index in [1.807, 2.05) is 6.20 Å². The Hall–Kier alpha value is -1.10. The molecule has 0 saturated carbocycles. The lowest BCUT2D eigenvalue weighted by atomic mass is 10.4. The van der Waals surface area contributed by atoms with Crippen molar-refractivity contribution in [3.63, 3.8) is 0 Å². The zero-order chi connectivity index (χ0) is 10.4. The Labute approximate surface area is 91.1 Å². The van der Waals surface area contributed by atoms with E-state index in [9.17, 15) is 4.79 Å². The van der Waals surface area contributed by atoms with Gasteiger partial charge in [-0.1, -0.05) is 6.08 Å². The molecule has 1 rings (SSSR count). The zero-order valence-corrected chi connectivity index (χ0v) is 9.33. The van der Waals surface area contributed by atoms with Gasteiger partial charge in [-0.05, 0) is 15.9 Å². The van der Waals surface area contributed by atoms with Crippen LogP contribution in [0.3, 0.4) is 0 Å². The van der Waals surface area contributed by atoms with Crippen molar-refractivity contribution >= 4 is 21.8 Å². The van der Waals surface area contributed by atoms with Gasteiger partial charge in [-0.3, -0.25) is 9.48 Å². The molecule has 0 radical (unpaired) electrons. The van der Waals surface area contributed by atoms with Crippen LogP contribution in [0.15, 0.2) is 29.5 Å². The summed E-state index contributed by atoms with van der Waals surface area (Å²) in [4.78, 5) is 11.2. The van der Waals surface area contributed by atoms with Gasteiger partial charge in [0.25, 0.3) is 0 Å². The van der Waals surface area contributed by atoms with Crippen LogP contribution in [0.1, 0.15) is 6.42 Å². The van der Waals surface area contributed by atoms with Crippen molar-refractivity contribution in [3.8, 4) is 0 Å². The molecule has 1 N–H and O–H groups in total. The van der Waals surface area contributed by atoms with Crippen molar-refractivity contribution < 1.29 is 4.79 Å². The molecule has 1 aromatic heterocycles. The predicted octanol–water partition coefficient (Wildman–Crippen LogP) is 1.34. The molecule has 1 amide bonds. The highest BCUT2D eigenvalue weighted by molar-refractivity contribution is 9.10. The number of hydrogen-bond acceptors (Lipinski definition) is 2. The summed E-state index contributed by atoms with van der Waals surface area (Å²) in [5.74, 6) is 0.0107. The van der Waals surface area contributed by atoms with E-state index in [0.29, 0.717) is 19.5 Å². The standard InChI is InChI=1S/C9H12BrN3O/c1-2-4-11-9(14)3-5-13-7-8(10)6-12-13/h2,6-7H,1,3-5H2,(H,11,14). The first-order chi connectivity index (χ1) is 6.72. The van der Waals surface area contributed by atoms with Gasteiger partial charge >= 0.3 is 0 Å². The van der Waals surface area contributed by atoms with Crippen LogP contribution in [-0.4, -0.2) is 22.2 Å². The van der Waals surface area contributed by atoms with Crippen LogP contribution in [0.4, 0.5) is 0 Å². The third-order valence-corrected chi connectivity index (χ3v) is 2.02. The highest BCUT2D eigenvalue weighted by atomic mass is 79.9. The van der Waals surface area contributed by atoms with Crippen LogP contribution in [0.25, 0.3) is 0 Å². The van der Waals surface area contributed by atoms with Crippen molar-refractivity contribution in [2.45, 2.75) is 13.0 Å². The number of hydrogen-bond donors (Lipinski definition) is 1. The molecule has 0 atom stereocenters. The molecule has 0 unspecified atom stereocenters. The summed E-state index contributed by atoms with van der Waals surface area (Å²) in [5.41, 5.74) is 0. The van der Waals surface area contributed by atoms with Crippen molar-refractivity contribution in [2.75, 3.05) is 6.54 Å². The van der Waals surface area contributed by atoms with E-state index in [4.69, 9.17) is 0 Å². The first-order valence-corrected chi connectivity index (χ1v) is 5.07. The van der Waals surface area contributed by atoms with E-state index in [1.165, 1.54) is 0 Å². The number of halogens is 1. The highest BCUT2D eigenvalue weighted by Gasteiger charge is 2.00. The first kappa shape index (κ1) is 11.0. The quantitative estimate of drug-likeness (QED) is 0.810. The zero-order valence-electron chi connectivity index (χ0n) is 7.74. The third-order valence-electron chi connectivity index (χ3n) is 1.61. The summed E-state index contributed by atoms with van der Waals surface area (Å²) in [7, 11) is 0. The minimum absolute atomic E-state index is 0.0107. The molecule has 0 saturated heterocycles. The van der Waals surface area contributed by atoms with Crippen LogP contribution < -0.4 is 5.32 Å². The van der Waals surface area contributed by atoms with Crippen molar-refractivity contribution in [3.05, 3.63) is 29.5 Å². The average molecular weight is 258 g/mol. The predicted molar refractivity (Wildman–Crippen MR) is 57.8 cm³/mol. The summed E-state index contributed by atoms with van der Waals surface area (Å²) < 4.78 is 2.64. The second kappa shape index (κ2) is 5.59. The fourth-order valence-electron chi connectivity index (χ4n) is 0.951. The van der Waals surface area contributed by atoms with Gasteiger partial charge in [-0.2, -0.15) is 5.10 Å². The molecule has 76 valence electrons. The molecule has 1 heterocycles. The van der Waals surface area contributed by atoms with E-state index in [-0.39, 0.29) is 5.91 Å². The van der Waals surface area contributed by atoms with Crippen LogP contribution in [0.2, 0.25) is 0 Å². The summed E-state index contributed by atoms with van der Waals surface area (Å²) in [6, 6.07) is 0. The van der Waals surface area contributed by atoms with Crippen LogP contribution in [0.5, 0.6) is 0 Å². The maximum Gasteiger partial charge on any atom is 0.222 e. The van der Waals surface area contributed by atoms with Crippen LogP contribution >= 0.6 is 15.9 Å². The molecule has 0 aliphatic heterocycles. The number of aromatic nitrogens is 2. The third kappa shape index (κ3) is 3.74. The largest absolute Gasteiger partial charge is 0.353 e. The smallest absolute Gasteiger partial charge is 0.222 e. The van der Waals surface area contributed by atoms with Crippen LogP contribution in [-0.2, 0) is 11.3 Å². The minimum atomic E-state index is 0.0107. The van der Waals surface area contributed by atoms with E-state index < -0.39 is 0 Å². The topological polar surface area (TPSA) is 46.9 Å². The van der Waals surface area contributed by atoms with Crippen molar-refractivity contribution in [1.29, 1.82) is 0 Å². The fourth-order valence-corrected chi connectivity index (χ4v) is 1.28. The Morgan fingerprint density at radius 2 is 2.57 bits per heavy atom. The summed E-state index contributed by atoms with van der Waals surface area (Å²) in [6.07, 6.45) is 5.62. The maximum absolute atomic E-state index is 11.2. The molecule has 0 aliphatic rings. The van der Waals surface area contributed by atoms with E-state index in [1.54, 1.807) is 17.0 Å². The molecule has 0 aromatic carbocycles. The molecule has 0 fully saturated rings. The Morgan fingerprint density at radius 3 is 3.14 bits per heavy atom. The van der Waals surface area contributed by atoms with E-state index in [0.717, 1.165) is 4.47 Å². The summed E-state index contributed by atoms with van der Waals surface area (Å²) in [6.45, 7) is 4.62. The molecule has 0 spiro atoms. The minimum Gasteiger partial charge on any atom is -0.353 e. The van der Waals surface area contributed by atoms with Crippen molar-refractivity contribution in [2.24, 2.45) is 0 Å². The lowest BCUT2D eigenvalue weighted by molar-refractivity contribution is -0.121. The van der Waals surface area contributed by atoms with Gasteiger partial charge in [0, 0.05) is 25.7 Å². The number of rotatable bonds is 5. The number of carbonyl (C=O) groups excluding carboxylic acids is 1. The van der Waals surface area contributed by atoms with E-state index >= 15 is 0 Å². The number of amides is 1. The second-order valence-corrected chi connectivity index (χ2v) is 3.68. The molecule has 5 heteroatoms. The van der Waals surface area contributed by atoms with Gasteiger partial charge in [0.2, 0.25) is 5.91 Å². The van der Waals surface area contributed by atoms with Gasteiger partial charge in [-0.15, -0.1) is 6.58 Å². The van der Waals surface area contributed by atoms with Gasteiger partial charge in [-0.25, -0.2) is 0 Å². The molecular formula is C9H12BrN3O. The number of nitrogens with one attached hydrogen (secondary N) is 1. The number of carbonyl (C=O) groups is 1. The average Bonchev–Trinajstić information content (AvgIpc) is 2.58. The molecule has 4 nitrogen and oxygen atoms in total. The molecule has 0 bridgehead atoms. The number of aryl methyl sites for hydroxylation is 1. The molecule has 0 aliphatic carbocycles. The lowest BCUT2D eigenvalue weighted by Gasteiger charge is -2.01. The summed E-state index contributed by atoms with van der Waals surface area (Å²) in [5, 5.41) is 6.74. The van der Waals surface area contributed by atoms with Gasteiger partial charge in [0.15, 0.2) is 0 Å². The molecule has 1 aromatic rings. The van der Waals surface area contributed by atoms with E-state index in [2.05, 4.69) is 32.9 Å². The lowest BCUT2D eigenvalue weighted by Crippen LogP contribution is -2.24. The molecular weight excluding hydrogens is 246 g/mol. The fraction of sp³-hybridized carbons (Fsp3) is 0.333. The Morgan fingerprint density at radius 1 is 1.79 bits per heavy atom. The monoisotopic (exact) mass is 257 g/mol. The maximum atomic E-state index is 11.2. The number of nitrogens with zero attached hydrogens (tertiary/aromatic N) is 2. The van der Waals surface area contributed by atoms with Gasteiger partial charge in [0.05, 0.1) is 10.7 Å². The Balaban J connectivity index is 2.26. The normalized spacial score (nSPS) is 9.79. The SMILES string of the molecule is C=CCNC(=O)CCn1cc(Br)cn1. The van der Waals surface area contributed by atoms with Crippen molar-refractivity contribution in [1.82, 2.24) is 15.1 Å². The van der Waals surface area contributed by atoms with Crippen LogP contribution in [0, 0.1) is 0 Å². The molecule has 14 heavy (non-hydrogen) atoms. The highest BCUT2D eigenvalue weighted by Crippen LogP contribution is 2.06. The summed E-state index contributed by atoms with van der Waals surface area (Å²) >= 11 is 3.28. The first-order valence-electron chi connectivity index (χ1n) is 4.28.